The predicted octanol–water partition coefficient (Wildman–Crippen LogP) is 4.28. The Labute approximate surface area is 194 Å². The first-order valence-electron chi connectivity index (χ1n) is 10.6. The Morgan fingerprint density at radius 1 is 0.971 bits per heavy atom. The van der Waals surface area contributed by atoms with Crippen LogP contribution in [0.3, 0.4) is 0 Å². The number of carbonyl (C=O) groups excluding carboxylic acids is 1. The van der Waals surface area contributed by atoms with Gasteiger partial charge in [0.2, 0.25) is 12.7 Å². The van der Waals surface area contributed by atoms with Crippen molar-refractivity contribution in [3.8, 4) is 39.8 Å². The van der Waals surface area contributed by atoms with E-state index >= 15 is 0 Å². The van der Waals surface area contributed by atoms with E-state index in [2.05, 4.69) is 15.6 Å². The van der Waals surface area contributed by atoms with E-state index in [0.717, 1.165) is 16.9 Å². The second-order valence-electron chi connectivity index (χ2n) is 7.33. The summed E-state index contributed by atoms with van der Waals surface area (Å²) in [6.45, 7) is 2.64. The van der Waals surface area contributed by atoms with Crippen molar-refractivity contribution in [2.45, 2.75) is 13.5 Å². The van der Waals surface area contributed by atoms with Gasteiger partial charge in [0.25, 0.3) is 5.91 Å². The molecule has 1 aliphatic heterocycles. The van der Waals surface area contributed by atoms with Crippen molar-refractivity contribution in [2.75, 3.05) is 25.3 Å². The highest BCUT2D eigenvalue weighted by atomic mass is 16.7. The second kappa shape index (κ2) is 9.67. The largest absolute Gasteiger partial charge is 0.494 e. The van der Waals surface area contributed by atoms with E-state index in [0.29, 0.717) is 35.3 Å². The Kier molecular flexibility index (Phi) is 6.13. The quantitative estimate of drug-likeness (QED) is 0.388. The van der Waals surface area contributed by atoms with Crippen LogP contribution < -0.4 is 19.5 Å². The zero-order valence-electron chi connectivity index (χ0n) is 18.3. The van der Waals surface area contributed by atoms with Crippen molar-refractivity contribution < 1.29 is 32.8 Å². The van der Waals surface area contributed by atoms with Gasteiger partial charge >= 0.3 is 0 Å². The molecule has 2 aromatic heterocycles. The third-order valence-corrected chi connectivity index (χ3v) is 4.93. The maximum Gasteiger partial charge on any atom is 0.252 e. The molecule has 10 nitrogen and oxygen atoms in total. The number of fused-ring (bicyclic) bond motifs is 1. The molecule has 1 aliphatic rings. The number of carbonyl (C=O) groups is 1. The van der Waals surface area contributed by atoms with Gasteiger partial charge < -0.3 is 28.0 Å². The molecule has 2 aromatic carbocycles. The van der Waals surface area contributed by atoms with Gasteiger partial charge in [-0.25, -0.2) is 0 Å². The number of amides is 1. The Bertz CT molecular complexity index is 1280. The minimum Gasteiger partial charge on any atom is -0.494 e. The summed E-state index contributed by atoms with van der Waals surface area (Å²) in [5, 5.41) is 10.6. The lowest BCUT2D eigenvalue weighted by Crippen LogP contribution is -2.17. The number of hydrogen-bond acceptors (Lipinski definition) is 9. The number of rotatable bonds is 9. The normalized spacial score (nSPS) is 12.0. The van der Waals surface area contributed by atoms with Crippen molar-refractivity contribution in [1.29, 1.82) is 0 Å². The van der Waals surface area contributed by atoms with Gasteiger partial charge in [0, 0.05) is 23.3 Å². The molecule has 1 amide bonds. The minimum absolute atomic E-state index is 0.106. The van der Waals surface area contributed by atoms with Crippen LogP contribution in [-0.2, 0) is 16.1 Å². The van der Waals surface area contributed by atoms with Crippen LogP contribution in [0.25, 0.3) is 22.6 Å². The summed E-state index contributed by atoms with van der Waals surface area (Å²) < 4.78 is 32.1. The number of anilines is 1. The molecule has 1 N–H and O–H groups in total. The molecule has 0 unspecified atom stereocenters. The van der Waals surface area contributed by atoms with Crippen LogP contribution >= 0.6 is 0 Å². The Morgan fingerprint density at radius 2 is 1.79 bits per heavy atom. The molecule has 174 valence electrons. The number of nitrogens with one attached hydrogen (secondary N) is 1. The second-order valence-corrected chi connectivity index (χ2v) is 7.33. The van der Waals surface area contributed by atoms with Crippen LogP contribution in [0.1, 0.15) is 12.6 Å². The van der Waals surface area contributed by atoms with Gasteiger partial charge in [-0.1, -0.05) is 10.3 Å². The van der Waals surface area contributed by atoms with E-state index in [4.69, 9.17) is 28.0 Å². The van der Waals surface area contributed by atoms with E-state index in [-0.39, 0.29) is 31.8 Å². The van der Waals surface area contributed by atoms with E-state index < -0.39 is 0 Å². The van der Waals surface area contributed by atoms with E-state index in [1.165, 1.54) is 0 Å². The fourth-order valence-corrected chi connectivity index (χ4v) is 3.35. The third-order valence-electron chi connectivity index (χ3n) is 4.93. The van der Waals surface area contributed by atoms with Crippen molar-refractivity contribution in [3.63, 3.8) is 0 Å². The minimum atomic E-state index is -0.381. The molecule has 0 fully saturated rings. The molecule has 3 heterocycles. The maximum atomic E-state index is 12.2. The SMILES string of the molecule is CCOc1ccc(-c2cc(NC(=O)COCc3cc(-c4ccc5c(c4)OCO5)on3)on2)cc1. The van der Waals surface area contributed by atoms with E-state index in [9.17, 15) is 4.79 Å². The molecule has 5 rings (SSSR count). The standard InChI is InChI=1S/C24H21N3O7/c1-2-30-18-6-3-15(4-7-18)19-11-24(34-27-19)25-23(28)13-29-12-17-10-21(33-26-17)16-5-8-20-22(9-16)32-14-31-20/h3-11H,2,12-14H2,1H3,(H,25,28). The van der Waals surface area contributed by atoms with Gasteiger partial charge in [0.1, 0.15) is 23.7 Å². The lowest BCUT2D eigenvalue weighted by molar-refractivity contribution is -0.121. The smallest absolute Gasteiger partial charge is 0.252 e. The van der Waals surface area contributed by atoms with Gasteiger partial charge in [-0.3, -0.25) is 10.1 Å². The molecule has 34 heavy (non-hydrogen) atoms. The Hall–Kier alpha value is -4.31. The first-order chi connectivity index (χ1) is 16.7. The topological polar surface area (TPSA) is 118 Å². The summed E-state index contributed by atoms with van der Waals surface area (Å²) in [6, 6.07) is 16.3. The maximum absolute atomic E-state index is 12.2. The summed E-state index contributed by atoms with van der Waals surface area (Å²) >= 11 is 0. The first-order valence-corrected chi connectivity index (χ1v) is 10.6. The van der Waals surface area contributed by atoms with Crippen LogP contribution in [0.15, 0.2) is 63.6 Å². The highest BCUT2D eigenvalue weighted by Gasteiger charge is 2.16. The number of aromatic nitrogens is 2. The summed E-state index contributed by atoms with van der Waals surface area (Å²) in [4.78, 5) is 12.2. The summed E-state index contributed by atoms with van der Waals surface area (Å²) in [5.41, 5.74) is 2.79. The van der Waals surface area contributed by atoms with Crippen LogP contribution in [-0.4, -0.2) is 36.2 Å². The zero-order chi connectivity index (χ0) is 23.3. The Morgan fingerprint density at radius 3 is 2.65 bits per heavy atom. The molecule has 4 aromatic rings. The molecule has 0 spiro atoms. The predicted molar refractivity (Wildman–Crippen MR) is 119 cm³/mol. The molecule has 0 bridgehead atoms. The van der Waals surface area contributed by atoms with Crippen LogP contribution in [0.4, 0.5) is 5.88 Å². The summed E-state index contributed by atoms with van der Waals surface area (Å²) in [5.74, 6) is 2.52. The highest BCUT2D eigenvalue weighted by Crippen LogP contribution is 2.36. The molecule has 0 aliphatic carbocycles. The average molecular weight is 463 g/mol. The zero-order valence-corrected chi connectivity index (χ0v) is 18.3. The summed E-state index contributed by atoms with van der Waals surface area (Å²) in [7, 11) is 0. The van der Waals surface area contributed by atoms with Crippen LogP contribution in [0.2, 0.25) is 0 Å². The molecule has 0 saturated heterocycles. The molecule has 0 radical (unpaired) electrons. The van der Waals surface area contributed by atoms with E-state index in [1.807, 2.05) is 49.4 Å². The molecule has 0 saturated carbocycles. The average Bonchev–Trinajstić information content (AvgIpc) is 3.60. The van der Waals surface area contributed by atoms with Crippen molar-refractivity contribution in [3.05, 3.63) is 60.3 Å². The third kappa shape index (κ3) is 4.86. The first kappa shape index (κ1) is 21.5. The van der Waals surface area contributed by atoms with Gasteiger partial charge in [0.15, 0.2) is 17.3 Å². The molecule has 10 heteroatoms. The Balaban J connectivity index is 1.11. The van der Waals surface area contributed by atoms with Gasteiger partial charge in [-0.2, -0.15) is 0 Å². The molecule has 0 atom stereocenters. The van der Waals surface area contributed by atoms with Gasteiger partial charge in [-0.05, 0) is 49.4 Å². The van der Waals surface area contributed by atoms with E-state index in [1.54, 1.807) is 12.1 Å². The fraction of sp³-hybridized carbons (Fsp3) is 0.208. The van der Waals surface area contributed by atoms with Crippen molar-refractivity contribution in [1.82, 2.24) is 10.3 Å². The molecular weight excluding hydrogens is 442 g/mol. The van der Waals surface area contributed by atoms with Crippen LogP contribution in [0, 0.1) is 0 Å². The van der Waals surface area contributed by atoms with Gasteiger partial charge in [-0.15, -0.1) is 0 Å². The highest BCUT2D eigenvalue weighted by molar-refractivity contribution is 5.90. The molecular formula is C24H21N3O7. The lowest BCUT2D eigenvalue weighted by atomic mass is 10.1. The summed E-state index contributed by atoms with van der Waals surface area (Å²) in [6.07, 6.45) is 0. The fourth-order valence-electron chi connectivity index (χ4n) is 3.35. The monoisotopic (exact) mass is 463 g/mol. The lowest BCUT2D eigenvalue weighted by Gasteiger charge is -2.02. The number of benzene rings is 2. The van der Waals surface area contributed by atoms with Crippen molar-refractivity contribution in [2.24, 2.45) is 0 Å². The van der Waals surface area contributed by atoms with Crippen molar-refractivity contribution >= 4 is 11.8 Å². The number of nitrogens with zero attached hydrogens (tertiary/aromatic N) is 2. The van der Waals surface area contributed by atoms with Crippen LogP contribution in [0.5, 0.6) is 17.2 Å². The number of ether oxygens (including phenoxy) is 4. The van der Waals surface area contributed by atoms with Gasteiger partial charge in [0.05, 0.1) is 13.2 Å². The number of hydrogen-bond donors (Lipinski definition) is 1.